The predicted octanol–water partition coefficient (Wildman–Crippen LogP) is -3.68. The van der Waals surface area contributed by atoms with Crippen LogP contribution in [0.15, 0.2) is 0 Å². The molecule has 0 fully saturated rings. The first-order valence-corrected chi connectivity index (χ1v) is 0. The number of rotatable bonds is 0. The summed E-state index contributed by atoms with van der Waals surface area (Å²) in [5.74, 6) is 0. The Balaban J connectivity index is 0. The Morgan fingerprint density at radius 2 is 0.500 bits per heavy atom. The van der Waals surface area contributed by atoms with Gasteiger partial charge in [0.2, 0.25) is 0 Å². The summed E-state index contributed by atoms with van der Waals surface area (Å²) in [6.45, 7) is 0. The normalized spacial score (nSPS) is 0. The standard InChI is InChI=1S/Mo.4H2O.Pb/h;4*1H2;. The summed E-state index contributed by atoms with van der Waals surface area (Å²) in [4.78, 5) is 0. The molecule has 0 saturated carbocycles. The first-order valence-electron chi connectivity index (χ1n) is 0. The van der Waals surface area contributed by atoms with E-state index in [9.17, 15) is 0 Å². The molecule has 0 aliphatic carbocycles. The molecule has 0 heterocycles. The molecule has 8 N–H and O–H groups in total. The summed E-state index contributed by atoms with van der Waals surface area (Å²) in [6.07, 6.45) is 0. The minimum Gasteiger partial charge on any atom is -0.412 e. The maximum Gasteiger partial charge on any atom is 0 e. The molecule has 0 aromatic heterocycles. The smallest absolute Gasteiger partial charge is 0 e. The van der Waals surface area contributed by atoms with Crippen LogP contribution in [0.1, 0.15) is 0 Å². The maximum absolute atomic E-state index is 0. The van der Waals surface area contributed by atoms with E-state index < -0.39 is 0 Å². The van der Waals surface area contributed by atoms with Crippen LogP contribution in [0.4, 0.5) is 0 Å². The summed E-state index contributed by atoms with van der Waals surface area (Å²) in [6, 6.07) is 0. The van der Waals surface area contributed by atoms with Crippen molar-refractivity contribution < 1.29 is 43.0 Å². The second-order valence-electron chi connectivity index (χ2n) is 0. The third-order valence-electron chi connectivity index (χ3n) is 0. The SMILES string of the molecule is O.O.O.O.[Mo].[Pb]. The van der Waals surface area contributed by atoms with Gasteiger partial charge in [-0.2, -0.15) is 0 Å². The van der Waals surface area contributed by atoms with E-state index in [2.05, 4.69) is 0 Å². The molecule has 6 heteroatoms. The van der Waals surface area contributed by atoms with E-state index in [1.165, 1.54) is 0 Å². The number of hydrogen-bond acceptors (Lipinski definition) is 0. The Kier molecular flexibility index (Phi) is 2240. The summed E-state index contributed by atoms with van der Waals surface area (Å²) in [5, 5.41) is 0. The Morgan fingerprint density at radius 1 is 0.500 bits per heavy atom. The average Bonchev–Trinajstić information content (AvgIpc) is 0. The van der Waals surface area contributed by atoms with Gasteiger partial charge in [-0.15, -0.1) is 0 Å². The van der Waals surface area contributed by atoms with Gasteiger partial charge >= 0.3 is 0 Å². The van der Waals surface area contributed by atoms with Gasteiger partial charge in [0, 0.05) is 48.4 Å². The number of hydrogen-bond donors (Lipinski definition) is 0. The Morgan fingerprint density at radius 3 is 0.500 bits per heavy atom. The zero-order chi connectivity index (χ0) is 0. The zero-order valence-electron chi connectivity index (χ0n) is 2.91. The predicted molar refractivity (Wildman–Crippen MR) is 20.2 cm³/mol. The molecule has 0 aromatic carbocycles. The quantitative estimate of drug-likeness (QED) is 0.387. The molecule has 4 radical (unpaired) electrons. The third-order valence-corrected chi connectivity index (χ3v) is 0. The molecule has 6 heavy (non-hydrogen) atoms. The van der Waals surface area contributed by atoms with E-state index in [0.29, 0.717) is 0 Å². The van der Waals surface area contributed by atoms with Crippen molar-refractivity contribution in [1.82, 2.24) is 0 Å². The zero-order valence-corrected chi connectivity index (χ0v) is 8.80. The first-order chi connectivity index (χ1) is 0. The van der Waals surface area contributed by atoms with Crippen molar-refractivity contribution in [2.75, 3.05) is 0 Å². The van der Waals surface area contributed by atoms with Gasteiger partial charge in [0.1, 0.15) is 0 Å². The van der Waals surface area contributed by atoms with Gasteiger partial charge in [-0.25, -0.2) is 0 Å². The van der Waals surface area contributed by atoms with E-state index in [4.69, 9.17) is 0 Å². The van der Waals surface area contributed by atoms with Gasteiger partial charge in [0.25, 0.3) is 0 Å². The minimum absolute atomic E-state index is 0. The van der Waals surface area contributed by atoms with Crippen molar-refractivity contribution in [3.8, 4) is 0 Å². The fourth-order valence-electron chi connectivity index (χ4n) is 0. The molecule has 0 rings (SSSR count). The Labute approximate surface area is 70.0 Å². The molecule has 0 bridgehead atoms. The van der Waals surface area contributed by atoms with Crippen molar-refractivity contribution in [3.63, 3.8) is 0 Å². The van der Waals surface area contributed by atoms with Gasteiger partial charge in [-0.1, -0.05) is 0 Å². The van der Waals surface area contributed by atoms with Gasteiger partial charge in [0.05, 0.1) is 0 Å². The summed E-state index contributed by atoms with van der Waals surface area (Å²) in [5.41, 5.74) is 0. The molecule has 0 unspecified atom stereocenters. The first kappa shape index (κ1) is 147. The molecule has 0 aliphatic heterocycles. The molecule has 0 spiro atoms. The fraction of sp³-hybridized carbons (Fsp3) is 0. The minimum atomic E-state index is 0. The van der Waals surface area contributed by atoms with Crippen molar-refractivity contribution in [2.45, 2.75) is 0 Å². The van der Waals surface area contributed by atoms with Crippen LogP contribution in [0.2, 0.25) is 0 Å². The van der Waals surface area contributed by atoms with Crippen LogP contribution in [0, 0.1) is 0 Å². The van der Waals surface area contributed by atoms with E-state index in [-0.39, 0.29) is 70.3 Å². The van der Waals surface area contributed by atoms with Crippen molar-refractivity contribution in [3.05, 3.63) is 0 Å². The van der Waals surface area contributed by atoms with Crippen LogP contribution in [0.5, 0.6) is 0 Å². The third kappa shape index (κ3) is 51.3. The van der Waals surface area contributed by atoms with Crippen molar-refractivity contribution in [1.29, 1.82) is 0 Å². The van der Waals surface area contributed by atoms with E-state index >= 15 is 0 Å². The van der Waals surface area contributed by atoms with Crippen molar-refractivity contribution in [2.24, 2.45) is 0 Å². The van der Waals surface area contributed by atoms with Gasteiger partial charge < -0.3 is 21.9 Å². The Bertz CT molecular complexity index is 7.51. The molecule has 0 atom stereocenters. The second-order valence-corrected chi connectivity index (χ2v) is 0. The summed E-state index contributed by atoms with van der Waals surface area (Å²) >= 11 is 0. The molecule has 0 amide bonds. The molecule has 0 aromatic rings. The van der Waals surface area contributed by atoms with Gasteiger partial charge in [-0.05, 0) is 0 Å². The van der Waals surface area contributed by atoms with Crippen LogP contribution in [0.25, 0.3) is 0 Å². The van der Waals surface area contributed by atoms with E-state index in [1.807, 2.05) is 0 Å². The largest absolute Gasteiger partial charge is 0.412 e. The fourth-order valence-corrected chi connectivity index (χ4v) is 0. The molecular formula is H8MoO4Pb. The monoisotopic (exact) mass is 378 g/mol. The summed E-state index contributed by atoms with van der Waals surface area (Å²) in [7, 11) is 0. The van der Waals surface area contributed by atoms with Crippen LogP contribution in [0.3, 0.4) is 0 Å². The van der Waals surface area contributed by atoms with Crippen LogP contribution < -0.4 is 0 Å². The van der Waals surface area contributed by atoms with Crippen molar-refractivity contribution >= 4 is 27.3 Å². The molecular weight excluding hydrogens is 367 g/mol. The van der Waals surface area contributed by atoms with E-state index in [1.54, 1.807) is 0 Å². The Hall–Kier alpha value is 1.45. The molecule has 0 saturated heterocycles. The van der Waals surface area contributed by atoms with Gasteiger partial charge in [0.15, 0.2) is 0 Å². The summed E-state index contributed by atoms with van der Waals surface area (Å²) < 4.78 is 0. The second kappa shape index (κ2) is 91.1. The maximum atomic E-state index is 0. The molecule has 42 valence electrons. The topological polar surface area (TPSA) is 126 Å². The van der Waals surface area contributed by atoms with Crippen LogP contribution in [-0.2, 0) is 21.1 Å². The average molecular weight is 375 g/mol. The van der Waals surface area contributed by atoms with E-state index in [0.717, 1.165) is 0 Å². The van der Waals surface area contributed by atoms with Crippen LogP contribution in [-0.4, -0.2) is 49.2 Å². The van der Waals surface area contributed by atoms with Gasteiger partial charge in [-0.3, -0.25) is 0 Å². The molecule has 0 aliphatic rings. The van der Waals surface area contributed by atoms with Crippen LogP contribution >= 0.6 is 0 Å². The molecule has 4 nitrogen and oxygen atoms in total.